The van der Waals surface area contributed by atoms with Gasteiger partial charge >= 0.3 is 0 Å². The standard InChI is InChI=1S/C16H12Cl4N2O4/c17-7-3-9(13(23)11(19)5-7)15(25)21-1-2-22-16(26)10-4-8(18)6-12(20)14(10)24/h3-6,23-24H,1-2H2,(H,21,25)(H,22,26). The van der Waals surface area contributed by atoms with Crippen LogP contribution in [0.15, 0.2) is 24.3 Å². The molecule has 0 radical (unpaired) electrons. The summed E-state index contributed by atoms with van der Waals surface area (Å²) in [6.45, 7) is 0.0897. The van der Waals surface area contributed by atoms with Crippen LogP contribution in [0.2, 0.25) is 20.1 Å². The van der Waals surface area contributed by atoms with E-state index in [1.165, 1.54) is 24.3 Å². The first-order valence-electron chi connectivity index (χ1n) is 7.13. The minimum Gasteiger partial charge on any atom is -0.506 e. The third-order valence-corrected chi connectivity index (χ3v) is 4.25. The summed E-state index contributed by atoms with van der Waals surface area (Å²) >= 11 is 23.1. The smallest absolute Gasteiger partial charge is 0.255 e. The number of hydrogen-bond acceptors (Lipinski definition) is 4. The van der Waals surface area contributed by atoms with Crippen LogP contribution in [0.5, 0.6) is 11.5 Å². The Labute approximate surface area is 168 Å². The van der Waals surface area contributed by atoms with Gasteiger partial charge in [0.1, 0.15) is 11.5 Å². The summed E-state index contributed by atoms with van der Waals surface area (Å²) in [5.74, 6) is -2.02. The molecule has 0 heterocycles. The van der Waals surface area contributed by atoms with Crippen molar-refractivity contribution in [3.05, 3.63) is 55.5 Å². The van der Waals surface area contributed by atoms with Gasteiger partial charge in [0, 0.05) is 23.1 Å². The molecule has 2 aromatic carbocycles. The van der Waals surface area contributed by atoms with Crippen LogP contribution in [-0.2, 0) is 0 Å². The molecule has 0 bridgehead atoms. The number of hydrogen-bond donors (Lipinski definition) is 4. The number of aromatic hydroxyl groups is 2. The highest BCUT2D eigenvalue weighted by Gasteiger charge is 2.17. The highest BCUT2D eigenvalue weighted by molar-refractivity contribution is 6.37. The monoisotopic (exact) mass is 436 g/mol. The molecule has 26 heavy (non-hydrogen) atoms. The number of carbonyl (C=O) groups is 2. The molecule has 0 spiro atoms. The average Bonchev–Trinajstić information content (AvgIpc) is 2.57. The van der Waals surface area contributed by atoms with Crippen molar-refractivity contribution in [3.8, 4) is 11.5 Å². The van der Waals surface area contributed by atoms with Crippen molar-refractivity contribution < 1.29 is 19.8 Å². The van der Waals surface area contributed by atoms with Crippen LogP contribution >= 0.6 is 46.4 Å². The molecule has 2 aromatic rings. The fourth-order valence-corrected chi connectivity index (χ4v) is 3.01. The zero-order valence-corrected chi connectivity index (χ0v) is 16.0. The average molecular weight is 438 g/mol. The quantitative estimate of drug-likeness (QED) is 0.533. The van der Waals surface area contributed by atoms with Crippen LogP contribution in [0.1, 0.15) is 20.7 Å². The van der Waals surface area contributed by atoms with Gasteiger partial charge in [0.15, 0.2) is 0 Å². The second kappa shape index (κ2) is 8.68. The first-order valence-corrected chi connectivity index (χ1v) is 8.64. The van der Waals surface area contributed by atoms with Crippen LogP contribution in [-0.4, -0.2) is 35.1 Å². The lowest BCUT2D eigenvalue weighted by Crippen LogP contribution is -2.34. The Morgan fingerprint density at radius 3 is 1.42 bits per heavy atom. The maximum absolute atomic E-state index is 12.1. The van der Waals surface area contributed by atoms with Gasteiger partial charge in [-0.15, -0.1) is 0 Å². The topological polar surface area (TPSA) is 98.7 Å². The van der Waals surface area contributed by atoms with E-state index in [1.54, 1.807) is 0 Å². The van der Waals surface area contributed by atoms with E-state index < -0.39 is 23.3 Å². The van der Waals surface area contributed by atoms with Gasteiger partial charge in [-0.25, -0.2) is 0 Å². The predicted molar refractivity (Wildman–Crippen MR) is 101 cm³/mol. The molecule has 2 amide bonds. The zero-order valence-electron chi connectivity index (χ0n) is 12.9. The lowest BCUT2D eigenvalue weighted by molar-refractivity contribution is 0.0924. The number of amides is 2. The highest BCUT2D eigenvalue weighted by atomic mass is 35.5. The maximum Gasteiger partial charge on any atom is 0.255 e. The Balaban J connectivity index is 1.93. The van der Waals surface area contributed by atoms with E-state index in [0.717, 1.165) is 0 Å². The SMILES string of the molecule is O=C(NCCNC(=O)c1cc(Cl)cc(Cl)c1O)c1cc(Cl)cc(Cl)c1O. The first kappa shape index (κ1) is 20.5. The lowest BCUT2D eigenvalue weighted by Gasteiger charge is -2.10. The molecule has 0 aliphatic heterocycles. The van der Waals surface area contributed by atoms with Crippen molar-refractivity contribution in [1.29, 1.82) is 0 Å². The number of phenolic OH excluding ortho intramolecular Hbond substituents is 2. The van der Waals surface area contributed by atoms with Gasteiger partial charge in [-0.1, -0.05) is 46.4 Å². The molecule has 0 fully saturated rings. The van der Waals surface area contributed by atoms with Gasteiger partial charge < -0.3 is 20.8 Å². The van der Waals surface area contributed by atoms with Gasteiger partial charge in [0.2, 0.25) is 0 Å². The molecule has 4 N–H and O–H groups in total. The third kappa shape index (κ3) is 4.86. The Bertz CT molecular complexity index is 802. The second-order valence-electron chi connectivity index (χ2n) is 5.08. The predicted octanol–water partition coefficient (Wildman–Crippen LogP) is 3.87. The molecule has 0 saturated heterocycles. The molecule has 0 aliphatic carbocycles. The number of carbonyl (C=O) groups excluding carboxylic acids is 2. The van der Waals surface area contributed by atoms with Crippen molar-refractivity contribution in [1.82, 2.24) is 10.6 Å². The van der Waals surface area contributed by atoms with Crippen molar-refractivity contribution in [3.63, 3.8) is 0 Å². The molecular formula is C16H12Cl4N2O4. The van der Waals surface area contributed by atoms with Crippen LogP contribution in [0.25, 0.3) is 0 Å². The van der Waals surface area contributed by atoms with Crippen LogP contribution < -0.4 is 10.6 Å². The van der Waals surface area contributed by atoms with Crippen molar-refractivity contribution in [2.24, 2.45) is 0 Å². The van der Waals surface area contributed by atoms with Crippen molar-refractivity contribution in [2.75, 3.05) is 13.1 Å². The summed E-state index contributed by atoms with van der Waals surface area (Å²) < 4.78 is 0. The number of phenols is 2. The number of rotatable bonds is 5. The van der Waals surface area contributed by atoms with Gasteiger partial charge in [0.25, 0.3) is 11.8 Å². The first-order chi connectivity index (χ1) is 12.2. The van der Waals surface area contributed by atoms with E-state index >= 15 is 0 Å². The van der Waals surface area contributed by atoms with E-state index in [1.807, 2.05) is 0 Å². The Hall–Kier alpha value is -1.86. The molecule has 2 rings (SSSR count). The number of nitrogens with one attached hydrogen (secondary N) is 2. The van der Waals surface area contributed by atoms with Gasteiger partial charge in [0.05, 0.1) is 21.2 Å². The molecule has 10 heteroatoms. The maximum atomic E-state index is 12.1. The fraction of sp³-hybridized carbons (Fsp3) is 0.125. The Morgan fingerprint density at radius 1 is 0.731 bits per heavy atom. The molecular weight excluding hydrogens is 426 g/mol. The third-order valence-electron chi connectivity index (χ3n) is 3.24. The number of halogens is 4. The lowest BCUT2D eigenvalue weighted by atomic mass is 10.2. The van der Waals surface area contributed by atoms with E-state index in [0.29, 0.717) is 0 Å². The summed E-state index contributed by atoms with van der Waals surface area (Å²) in [5, 5.41) is 24.9. The van der Waals surface area contributed by atoms with E-state index in [-0.39, 0.29) is 44.3 Å². The van der Waals surface area contributed by atoms with Crippen LogP contribution in [0.4, 0.5) is 0 Å². The highest BCUT2D eigenvalue weighted by Crippen LogP contribution is 2.31. The molecule has 0 aliphatic rings. The Kier molecular flexibility index (Phi) is 6.83. The normalized spacial score (nSPS) is 10.5. The summed E-state index contributed by atoms with van der Waals surface area (Å²) in [7, 11) is 0. The molecule has 0 atom stereocenters. The zero-order chi connectivity index (χ0) is 19.4. The molecule has 0 unspecified atom stereocenters. The van der Waals surface area contributed by atoms with Crippen LogP contribution in [0.3, 0.4) is 0 Å². The summed E-state index contributed by atoms with van der Waals surface area (Å²) in [6.07, 6.45) is 0. The van der Waals surface area contributed by atoms with Gasteiger partial charge in [-0.2, -0.15) is 0 Å². The van der Waals surface area contributed by atoms with Crippen LogP contribution in [0, 0.1) is 0 Å². The van der Waals surface area contributed by atoms with Gasteiger partial charge in [-0.05, 0) is 24.3 Å². The molecule has 6 nitrogen and oxygen atoms in total. The van der Waals surface area contributed by atoms with E-state index in [4.69, 9.17) is 46.4 Å². The molecule has 0 saturated carbocycles. The fourth-order valence-electron chi connectivity index (χ4n) is 2.02. The second-order valence-corrected chi connectivity index (χ2v) is 6.77. The largest absolute Gasteiger partial charge is 0.506 e. The van der Waals surface area contributed by atoms with E-state index in [9.17, 15) is 19.8 Å². The summed E-state index contributed by atoms with van der Waals surface area (Å²) in [5.41, 5.74) is -0.179. The minimum atomic E-state index is -0.616. The number of benzene rings is 2. The van der Waals surface area contributed by atoms with Crippen molar-refractivity contribution >= 4 is 58.2 Å². The minimum absolute atomic E-state index is 0.0448. The molecule has 138 valence electrons. The molecule has 0 aromatic heterocycles. The Morgan fingerprint density at radius 2 is 1.08 bits per heavy atom. The van der Waals surface area contributed by atoms with E-state index in [2.05, 4.69) is 10.6 Å². The van der Waals surface area contributed by atoms with Gasteiger partial charge in [-0.3, -0.25) is 9.59 Å². The summed E-state index contributed by atoms with van der Waals surface area (Å²) in [4.78, 5) is 24.1. The van der Waals surface area contributed by atoms with Crippen molar-refractivity contribution in [2.45, 2.75) is 0 Å². The summed E-state index contributed by atoms with van der Waals surface area (Å²) in [6, 6.07) is 5.14.